The van der Waals surface area contributed by atoms with E-state index in [1.807, 2.05) is 0 Å². The van der Waals surface area contributed by atoms with Gasteiger partial charge in [0.25, 0.3) is 0 Å². The Kier molecular flexibility index (Phi) is 6.59. The molecule has 0 rings (SSSR count). The number of aldehydes is 1. The van der Waals surface area contributed by atoms with Gasteiger partial charge in [-0.2, -0.15) is 0 Å². The zero-order chi connectivity index (χ0) is 13.6. The van der Waals surface area contributed by atoms with Gasteiger partial charge in [0.1, 0.15) is 31.0 Å². The van der Waals surface area contributed by atoms with Crippen LogP contribution in [0.3, 0.4) is 0 Å². The summed E-state index contributed by atoms with van der Waals surface area (Å²) < 4.78 is 4.52. The van der Waals surface area contributed by atoms with Crippen molar-refractivity contribution in [2.45, 2.75) is 31.3 Å². The van der Waals surface area contributed by atoms with Crippen molar-refractivity contribution in [1.82, 2.24) is 0 Å². The number of ether oxygens (including phenoxy) is 1. The maximum atomic E-state index is 10.9. The van der Waals surface area contributed by atoms with Crippen molar-refractivity contribution >= 4 is 12.3 Å². The Morgan fingerprint density at radius 3 is 2.24 bits per heavy atom. The monoisotopic (exact) mass is 248 g/mol. The number of esters is 1. The SMILES string of the molecule is C=C(C)C(=O)OC[C@@H](O)[C@@H](O)[C@H](O)[C@H](O)C=O. The first-order valence-electron chi connectivity index (χ1n) is 4.81. The van der Waals surface area contributed by atoms with Crippen LogP contribution in [-0.2, 0) is 14.3 Å². The summed E-state index contributed by atoms with van der Waals surface area (Å²) in [5, 5.41) is 36.7. The molecule has 17 heavy (non-hydrogen) atoms. The molecule has 0 aliphatic carbocycles. The fourth-order valence-electron chi connectivity index (χ4n) is 0.893. The molecule has 0 heterocycles. The summed E-state index contributed by atoms with van der Waals surface area (Å²) in [5.74, 6) is -0.762. The zero-order valence-electron chi connectivity index (χ0n) is 9.31. The molecule has 0 saturated carbocycles. The largest absolute Gasteiger partial charge is 0.459 e. The zero-order valence-corrected chi connectivity index (χ0v) is 9.31. The van der Waals surface area contributed by atoms with Crippen molar-refractivity contribution in [3.8, 4) is 0 Å². The van der Waals surface area contributed by atoms with Crippen LogP contribution in [-0.4, -0.2) is 63.7 Å². The molecule has 0 fully saturated rings. The molecule has 0 bridgehead atoms. The maximum absolute atomic E-state index is 10.9. The molecule has 98 valence electrons. The van der Waals surface area contributed by atoms with Crippen LogP contribution in [0.5, 0.6) is 0 Å². The van der Waals surface area contributed by atoms with E-state index in [1.165, 1.54) is 6.92 Å². The molecule has 0 unspecified atom stereocenters. The van der Waals surface area contributed by atoms with E-state index in [2.05, 4.69) is 11.3 Å². The van der Waals surface area contributed by atoms with Gasteiger partial charge < -0.3 is 30.0 Å². The van der Waals surface area contributed by atoms with E-state index >= 15 is 0 Å². The molecule has 0 saturated heterocycles. The lowest BCUT2D eigenvalue weighted by Gasteiger charge is -2.23. The van der Waals surface area contributed by atoms with Crippen molar-refractivity contribution in [2.75, 3.05) is 6.61 Å². The Balaban J connectivity index is 4.22. The van der Waals surface area contributed by atoms with E-state index < -0.39 is 37.0 Å². The molecular weight excluding hydrogens is 232 g/mol. The molecule has 0 spiro atoms. The fourth-order valence-corrected chi connectivity index (χ4v) is 0.893. The van der Waals surface area contributed by atoms with E-state index in [1.54, 1.807) is 0 Å². The van der Waals surface area contributed by atoms with E-state index in [4.69, 9.17) is 5.11 Å². The second kappa shape index (κ2) is 7.13. The smallest absolute Gasteiger partial charge is 0.333 e. The predicted molar refractivity (Wildman–Crippen MR) is 55.9 cm³/mol. The highest BCUT2D eigenvalue weighted by molar-refractivity contribution is 5.86. The average Bonchev–Trinajstić information content (AvgIpc) is 2.32. The van der Waals surface area contributed by atoms with Crippen LogP contribution < -0.4 is 0 Å². The highest BCUT2D eigenvalue weighted by atomic mass is 16.5. The Morgan fingerprint density at radius 1 is 1.29 bits per heavy atom. The molecule has 0 aromatic carbocycles. The summed E-state index contributed by atoms with van der Waals surface area (Å²) in [6.07, 6.45) is -7.10. The van der Waals surface area contributed by atoms with Gasteiger partial charge >= 0.3 is 5.97 Å². The van der Waals surface area contributed by atoms with Gasteiger partial charge in [-0.25, -0.2) is 4.79 Å². The second-order valence-electron chi connectivity index (χ2n) is 3.55. The predicted octanol–water partition coefficient (Wildman–Crippen LogP) is -2.25. The van der Waals surface area contributed by atoms with Crippen molar-refractivity contribution in [3.05, 3.63) is 12.2 Å². The highest BCUT2D eigenvalue weighted by Crippen LogP contribution is 2.05. The van der Waals surface area contributed by atoms with E-state index in [0.717, 1.165) is 0 Å². The Bertz CT molecular complexity index is 288. The number of hydrogen-bond donors (Lipinski definition) is 4. The quantitative estimate of drug-likeness (QED) is 0.228. The number of carbonyl (C=O) groups excluding carboxylic acids is 2. The van der Waals surface area contributed by atoms with Crippen molar-refractivity contribution in [2.24, 2.45) is 0 Å². The van der Waals surface area contributed by atoms with E-state index in [9.17, 15) is 24.9 Å². The molecular formula is C10H16O7. The van der Waals surface area contributed by atoms with Gasteiger partial charge in [-0.05, 0) is 6.92 Å². The van der Waals surface area contributed by atoms with Crippen LogP contribution in [0.1, 0.15) is 6.92 Å². The van der Waals surface area contributed by atoms with E-state index in [-0.39, 0.29) is 11.9 Å². The summed E-state index contributed by atoms with van der Waals surface area (Å²) in [5.41, 5.74) is 0.111. The normalized spacial score (nSPS) is 17.7. The first-order valence-corrected chi connectivity index (χ1v) is 4.81. The van der Waals surface area contributed by atoms with Gasteiger partial charge in [-0.1, -0.05) is 6.58 Å². The molecule has 4 N–H and O–H groups in total. The minimum Gasteiger partial charge on any atom is -0.459 e. The van der Waals surface area contributed by atoms with Gasteiger partial charge in [0.2, 0.25) is 0 Å². The van der Waals surface area contributed by atoms with Gasteiger partial charge in [0, 0.05) is 5.57 Å². The molecule has 0 radical (unpaired) electrons. The number of hydrogen-bond acceptors (Lipinski definition) is 7. The van der Waals surface area contributed by atoms with Crippen LogP contribution in [0.4, 0.5) is 0 Å². The molecule has 4 atom stereocenters. The van der Waals surface area contributed by atoms with Crippen LogP contribution in [0, 0.1) is 0 Å². The van der Waals surface area contributed by atoms with Crippen LogP contribution in [0.2, 0.25) is 0 Å². The third-order valence-corrected chi connectivity index (χ3v) is 1.97. The molecule has 0 aromatic rings. The molecule has 0 aliphatic heterocycles. The summed E-state index contributed by atoms with van der Waals surface area (Å²) in [6.45, 7) is 4.11. The summed E-state index contributed by atoms with van der Waals surface area (Å²) in [7, 11) is 0. The minimum atomic E-state index is -1.86. The Hall–Kier alpha value is -1.28. The lowest BCUT2D eigenvalue weighted by molar-refractivity contribution is -0.152. The Morgan fingerprint density at radius 2 is 1.82 bits per heavy atom. The van der Waals surface area contributed by atoms with Gasteiger partial charge in [-0.15, -0.1) is 0 Å². The van der Waals surface area contributed by atoms with Crippen molar-refractivity contribution in [3.63, 3.8) is 0 Å². The van der Waals surface area contributed by atoms with Crippen LogP contribution >= 0.6 is 0 Å². The lowest BCUT2D eigenvalue weighted by Crippen LogP contribution is -2.46. The second-order valence-corrected chi connectivity index (χ2v) is 3.55. The molecule has 7 heteroatoms. The minimum absolute atomic E-state index is 0.0144. The average molecular weight is 248 g/mol. The van der Waals surface area contributed by atoms with Crippen LogP contribution in [0.15, 0.2) is 12.2 Å². The third kappa shape index (κ3) is 5.05. The summed E-state index contributed by atoms with van der Waals surface area (Å²) in [6, 6.07) is 0. The lowest BCUT2D eigenvalue weighted by atomic mass is 10.0. The number of aliphatic hydroxyl groups excluding tert-OH is 4. The molecule has 7 nitrogen and oxygen atoms in total. The highest BCUT2D eigenvalue weighted by Gasteiger charge is 2.30. The molecule has 0 aromatic heterocycles. The first kappa shape index (κ1) is 15.7. The van der Waals surface area contributed by atoms with Crippen molar-refractivity contribution < 1.29 is 34.8 Å². The summed E-state index contributed by atoms with van der Waals surface area (Å²) >= 11 is 0. The summed E-state index contributed by atoms with van der Waals surface area (Å²) in [4.78, 5) is 21.1. The Labute approximate surface area is 97.9 Å². The van der Waals surface area contributed by atoms with E-state index in [0.29, 0.717) is 0 Å². The first-order chi connectivity index (χ1) is 7.81. The number of rotatable bonds is 7. The van der Waals surface area contributed by atoms with Crippen molar-refractivity contribution in [1.29, 1.82) is 0 Å². The topological polar surface area (TPSA) is 124 Å². The molecule has 0 amide bonds. The van der Waals surface area contributed by atoms with Crippen LogP contribution in [0.25, 0.3) is 0 Å². The maximum Gasteiger partial charge on any atom is 0.333 e. The standard InChI is InChI=1S/C10H16O7/c1-5(2)10(16)17-4-7(13)9(15)8(14)6(12)3-11/h3,6-9,12-15H,1,4H2,2H3/t6-,7-,8-,9-/m1/s1. The van der Waals surface area contributed by atoms with Gasteiger partial charge in [-0.3, -0.25) is 0 Å². The fraction of sp³-hybridized carbons (Fsp3) is 0.600. The molecule has 0 aliphatic rings. The third-order valence-electron chi connectivity index (χ3n) is 1.97. The number of carbonyl (C=O) groups is 2. The number of aliphatic hydroxyl groups is 4. The van der Waals surface area contributed by atoms with Gasteiger partial charge in [0.05, 0.1) is 0 Å². The van der Waals surface area contributed by atoms with Gasteiger partial charge in [0.15, 0.2) is 6.29 Å².